The van der Waals surface area contributed by atoms with Crippen LogP contribution in [0, 0.1) is 5.21 Å². The number of hydrogen-bond acceptors (Lipinski definition) is 2. The molecular weight excluding hydrogens is 146 g/mol. The van der Waals surface area contributed by atoms with Crippen molar-refractivity contribution in [3.8, 4) is 0 Å². The second kappa shape index (κ2) is 3.41. The van der Waals surface area contributed by atoms with Crippen molar-refractivity contribution in [2.45, 2.75) is 32.2 Å². The molecule has 0 aromatic carbocycles. The van der Waals surface area contributed by atoms with Gasteiger partial charge in [0, 0.05) is 0 Å². The van der Waals surface area contributed by atoms with Crippen LogP contribution in [-0.4, -0.2) is 27.8 Å². The van der Waals surface area contributed by atoms with Crippen LogP contribution in [0.5, 0.6) is 0 Å². The molecule has 0 amide bonds. The van der Waals surface area contributed by atoms with E-state index in [2.05, 4.69) is 5.28 Å². The fraction of sp³-hybridized carbons (Fsp3) is 1.00. The van der Waals surface area contributed by atoms with Gasteiger partial charge in [0.1, 0.15) is 0 Å². The van der Waals surface area contributed by atoms with Gasteiger partial charge in [-0.15, -0.1) is 5.01 Å². The maximum atomic E-state index is 10.8. The Hall–Kier alpha value is -1.00. The highest BCUT2D eigenvalue weighted by Crippen LogP contribution is 2.15. The maximum absolute atomic E-state index is 10.8. The van der Waals surface area contributed by atoms with Gasteiger partial charge in [-0.05, 0) is 26.2 Å². The lowest BCUT2D eigenvalue weighted by Crippen LogP contribution is -2.41. The van der Waals surface area contributed by atoms with Crippen LogP contribution < -0.4 is 0 Å². The summed E-state index contributed by atoms with van der Waals surface area (Å²) in [5, 5.41) is 23.1. The van der Waals surface area contributed by atoms with E-state index in [0.29, 0.717) is 6.54 Å². The fourth-order valence-electron chi connectivity index (χ4n) is 1.39. The lowest BCUT2D eigenvalue weighted by atomic mass is 10.1. The summed E-state index contributed by atoms with van der Waals surface area (Å²) < 4.78 is 0. The zero-order valence-electron chi connectivity index (χ0n) is 6.60. The second-order valence-corrected chi connectivity index (χ2v) is 2.85. The molecule has 1 unspecified atom stereocenters. The van der Waals surface area contributed by atoms with Crippen LogP contribution in [0.15, 0.2) is 5.28 Å². The molecule has 0 saturated carbocycles. The van der Waals surface area contributed by atoms with Crippen molar-refractivity contribution in [2.24, 2.45) is 5.28 Å². The standard InChI is InChI=1S/C6H13N3O2/c1-6-4-2-3-5-8(6)9(11)7-10/h6,10H,2-5H2,1H3. The largest absolute Gasteiger partial charge is 0.569 e. The number of nitrogens with zero attached hydrogens (tertiary/aromatic N) is 3. The van der Waals surface area contributed by atoms with Crippen molar-refractivity contribution in [2.75, 3.05) is 6.54 Å². The third-order valence-corrected chi connectivity index (χ3v) is 2.06. The molecule has 0 aliphatic carbocycles. The van der Waals surface area contributed by atoms with Crippen LogP contribution in [0.4, 0.5) is 0 Å². The Kier molecular flexibility index (Phi) is 2.51. The maximum Gasteiger partial charge on any atom is 0.230 e. The highest BCUT2D eigenvalue weighted by molar-refractivity contribution is 4.65. The number of piperidine rings is 1. The predicted molar refractivity (Wildman–Crippen MR) is 37.9 cm³/mol. The molecular formula is C6H13N3O2. The molecule has 1 saturated heterocycles. The summed E-state index contributed by atoms with van der Waals surface area (Å²) in [6.07, 6.45) is 3.14. The minimum Gasteiger partial charge on any atom is -0.569 e. The first-order valence-electron chi connectivity index (χ1n) is 3.84. The Morgan fingerprint density at radius 2 is 2.36 bits per heavy atom. The summed E-state index contributed by atoms with van der Waals surface area (Å²) in [6.45, 7) is 2.64. The van der Waals surface area contributed by atoms with E-state index < -0.39 is 0 Å². The molecule has 1 atom stereocenters. The van der Waals surface area contributed by atoms with Crippen molar-refractivity contribution in [3.05, 3.63) is 5.21 Å². The molecule has 64 valence electrons. The minimum absolute atomic E-state index is 0.192. The van der Waals surface area contributed by atoms with Crippen LogP contribution in [0.25, 0.3) is 0 Å². The average molecular weight is 159 g/mol. The van der Waals surface area contributed by atoms with E-state index in [1.807, 2.05) is 6.92 Å². The van der Waals surface area contributed by atoms with Crippen molar-refractivity contribution in [1.29, 1.82) is 0 Å². The molecule has 5 nitrogen and oxygen atoms in total. The molecule has 1 fully saturated rings. The summed E-state index contributed by atoms with van der Waals surface area (Å²) in [6, 6.07) is 0.192. The fourth-order valence-corrected chi connectivity index (χ4v) is 1.39. The van der Waals surface area contributed by atoms with Gasteiger partial charge in [-0.25, -0.2) is 0 Å². The molecule has 5 heteroatoms. The first-order valence-corrected chi connectivity index (χ1v) is 3.84. The van der Waals surface area contributed by atoms with Gasteiger partial charge in [-0.3, -0.25) is 0 Å². The van der Waals surface area contributed by atoms with Crippen molar-refractivity contribution < 1.29 is 10.2 Å². The van der Waals surface area contributed by atoms with Crippen LogP contribution >= 0.6 is 0 Å². The Bertz CT molecular complexity index is 160. The van der Waals surface area contributed by atoms with Gasteiger partial charge in [-0.1, -0.05) is 0 Å². The first-order chi connectivity index (χ1) is 5.25. The molecule has 0 radical (unpaired) electrons. The summed E-state index contributed by atoms with van der Waals surface area (Å²) >= 11 is 0. The summed E-state index contributed by atoms with van der Waals surface area (Å²) in [7, 11) is 0. The molecule has 1 heterocycles. The van der Waals surface area contributed by atoms with Crippen LogP contribution in [-0.2, 0) is 0 Å². The van der Waals surface area contributed by atoms with E-state index in [0.717, 1.165) is 19.3 Å². The molecule has 1 N–H and O–H groups in total. The normalized spacial score (nSPS) is 27.2. The Morgan fingerprint density at radius 1 is 1.64 bits per heavy atom. The smallest absolute Gasteiger partial charge is 0.230 e. The van der Waals surface area contributed by atoms with Gasteiger partial charge in [0.05, 0.1) is 17.6 Å². The van der Waals surface area contributed by atoms with Crippen LogP contribution in [0.3, 0.4) is 0 Å². The molecule has 0 aromatic heterocycles. The summed E-state index contributed by atoms with van der Waals surface area (Å²) in [5.74, 6) is 0. The van der Waals surface area contributed by atoms with E-state index in [1.165, 1.54) is 5.01 Å². The predicted octanol–water partition coefficient (Wildman–Crippen LogP) is 1.13. The quantitative estimate of drug-likeness (QED) is 0.354. The zero-order chi connectivity index (χ0) is 8.27. The molecule has 1 aliphatic rings. The lowest BCUT2D eigenvalue weighted by Gasteiger charge is -2.27. The first kappa shape index (κ1) is 8.10. The Labute approximate surface area is 65.4 Å². The highest BCUT2D eigenvalue weighted by Gasteiger charge is 2.24. The average Bonchev–Trinajstić information content (AvgIpc) is 2.04. The monoisotopic (exact) mass is 159 g/mol. The third kappa shape index (κ3) is 1.72. The van der Waals surface area contributed by atoms with Crippen molar-refractivity contribution in [3.63, 3.8) is 0 Å². The molecule has 0 aromatic rings. The summed E-state index contributed by atoms with van der Waals surface area (Å²) in [5.41, 5.74) is 0. The lowest BCUT2D eigenvalue weighted by molar-refractivity contribution is -0.718. The highest BCUT2D eigenvalue weighted by atomic mass is 16.6. The van der Waals surface area contributed by atoms with Crippen LogP contribution in [0.1, 0.15) is 26.2 Å². The number of hydrazine groups is 1. The van der Waals surface area contributed by atoms with Gasteiger partial charge < -0.3 is 10.4 Å². The van der Waals surface area contributed by atoms with Gasteiger partial charge in [0.25, 0.3) is 0 Å². The molecule has 11 heavy (non-hydrogen) atoms. The molecule has 0 spiro atoms. The minimum atomic E-state index is 0.192. The van der Waals surface area contributed by atoms with E-state index in [9.17, 15) is 5.21 Å². The van der Waals surface area contributed by atoms with Crippen molar-refractivity contribution in [1.82, 2.24) is 5.01 Å². The number of rotatable bonds is 1. The van der Waals surface area contributed by atoms with Gasteiger partial charge in [-0.2, -0.15) is 0 Å². The van der Waals surface area contributed by atoms with Crippen LogP contribution in [0.2, 0.25) is 0 Å². The van der Waals surface area contributed by atoms with Gasteiger partial charge in [0.15, 0.2) is 0 Å². The molecule has 1 aliphatic heterocycles. The number of hydrogen-bond donors (Lipinski definition) is 1. The molecule has 1 rings (SSSR count). The molecule has 0 bridgehead atoms. The SMILES string of the molecule is CC1CCCCN1[N+]([O-])=NO. The van der Waals surface area contributed by atoms with Gasteiger partial charge >= 0.3 is 0 Å². The van der Waals surface area contributed by atoms with E-state index >= 15 is 0 Å². The third-order valence-electron chi connectivity index (χ3n) is 2.06. The van der Waals surface area contributed by atoms with E-state index in [1.54, 1.807) is 0 Å². The van der Waals surface area contributed by atoms with Gasteiger partial charge in [0.2, 0.25) is 5.28 Å². The summed E-state index contributed by atoms with van der Waals surface area (Å²) in [4.78, 5) is 0.268. The second-order valence-electron chi connectivity index (χ2n) is 2.85. The zero-order valence-corrected chi connectivity index (χ0v) is 6.60. The topological polar surface area (TPSA) is 61.9 Å². The van der Waals surface area contributed by atoms with E-state index in [-0.39, 0.29) is 11.0 Å². The van der Waals surface area contributed by atoms with Crippen molar-refractivity contribution >= 4 is 0 Å². The Balaban J connectivity index is 2.54. The Morgan fingerprint density at radius 3 is 2.91 bits per heavy atom. The van der Waals surface area contributed by atoms with E-state index in [4.69, 9.17) is 5.21 Å².